The van der Waals surface area contributed by atoms with Gasteiger partial charge in [0.2, 0.25) is 0 Å². The lowest BCUT2D eigenvalue weighted by molar-refractivity contribution is 0.174. The molecular weight excluding hydrogens is 242 g/mol. The number of hydrogen-bond acceptors (Lipinski definition) is 4. The van der Waals surface area contributed by atoms with E-state index in [1.807, 2.05) is 6.20 Å². The molecular formula is C14H25N3S. The van der Waals surface area contributed by atoms with Gasteiger partial charge in [-0.15, -0.1) is 11.3 Å². The SMILES string of the molecule is Cc1cnc(C(C)NC(C)C2CCCN(C)C2)s1. The molecule has 1 aromatic heterocycles. The lowest BCUT2D eigenvalue weighted by Crippen LogP contribution is -2.43. The lowest BCUT2D eigenvalue weighted by Gasteiger charge is -2.35. The Morgan fingerprint density at radius 2 is 2.28 bits per heavy atom. The van der Waals surface area contributed by atoms with E-state index in [-0.39, 0.29) is 0 Å². The zero-order valence-electron chi connectivity index (χ0n) is 11.9. The van der Waals surface area contributed by atoms with Crippen LogP contribution in [0.1, 0.15) is 42.6 Å². The number of thiazole rings is 1. The second-order valence-electron chi connectivity index (χ2n) is 5.65. The van der Waals surface area contributed by atoms with Gasteiger partial charge in [-0.3, -0.25) is 0 Å². The highest BCUT2D eigenvalue weighted by molar-refractivity contribution is 7.11. The van der Waals surface area contributed by atoms with Gasteiger partial charge in [-0.05, 0) is 53.1 Å². The minimum Gasteiger partial charge on any atom is -0.306 e. The van der Waals surface area contributed by atoms with Crippen LogP contribution in [0, 0.1) is 12.8 Å². The molecule has 2 heterocycles. The number of likely N-dealkylation sites (tertiary alicyclic amines) is 1. The molecule has 0 bridgehead atoms. The largest absolute Gasteiger partial charge is 0.306 e. The van der Waals surface area contributed by atoms with Gasteiger partial charge in [0.15, 0.2) is 0 Å². The van der Waals surface area contributed by atoms with Gasteiger partial charge in [-0.25, -0.2) is 4.98 Å². The molecule has 1 aromatic rings. The first-order valence-electron chi connectivity index (χ1n) is 6.93. The zero-order chi connectivity index (χ0) is 13.1. The third-order valence-corrected chi connectivity index (χ3v) is 4.99. The predicted octanol–water partition coefficient (Wildman–Crippen LogP) is 2.83. The van der Waals surface area contributed by atoms with Crippen molar-refractivity contribution >= 4 is 11.3 Å². The molecule has 0 aliphatic carbocycles. The Labute approximate surface area is 115 Å². The van der Waals surface area contributed by atoms with Crippen molar-refractivity contribution in [2.24, 2.45) is 5.92 Å². The monoisotopic (exact) mass is 267 g/mol. The Kier molecular flexibility index (Phi) is 4.76. The first-order valence-corrected chi connectivity index (χ1v) is 7.75. The van der Waals surface area contributed by atoms with Gasteiger partial charge in [0.25, 0.3) is 0 Å². The van der Waals surface area contributed by atoms with E-state index in [1.54, 1.807) is 11.3 Å². The maximum atomic E-state index is 4.47. The number of nitrogens with zero attached hydrogens (tertiary/aromatic N) is 2. The molecule has 2 rings (SSSR count). The summed E-state index contributed by atoms with van der Waals surface area (Å²) in [5.74, 6) is 0.771. The Hall–Kier alpha value is -0.450. The standard InChI is InChI=1S/C14H25N3S/c1-10-8-15-14(18-10)12(3)16-11(2)13-6-5-7-17(4)9-13/h8,11-13,16H,5-7,9H2,1-4H3. The Morgan fingerprint density at radius 1 is 1.50 bits per heavy atom. The molecule has 1 saturated heterocycles. The van der Waals surface area contributed by atoms with Crippen LogP contribution in [-0.2, 0) is 0 Å². The van der Waals surface area contributed by atoms with Crippen molar-refractivity contribution in [2.45, 2.75) is 45.7 Å². The van der Waals surface area contributed by atoms with E-state index in [2.05, 4.69) is 43.0 Å². The normalized spacial score (nSPS) is 25.0. The van der Waals surface area contributed by atoms with Gasteiger partial charge in [0, 0.05) is 23.7 Å². The number of rotatable bonds is 4. The highest BCUT2D eigenvalue weighted by atomic mass is 32.1. The summed E-state index contributed by atoms with van der Waals surface area (Å²) in [5.41, 5.74) is 0. The quantitative estimate of drug-likeness (QED) is 0.909. The van der Waals surface area contributed by atoms with Gasteiger partial charge < -0.3 is 10.2 Å². The van der Waals surface area contributed by atoms with Crippen LogP contribution in [0.5, 0.6) is 0 Å². The van der Waals surface area contributed by atoms with Crippen molar-refractivity contribution in [3.8, 4) is 0 Å². The second kappa shape index (κ2) is 6.13. The van der Waals surface area contributed by atoms with E-state index in [4.69, 9.17) is 0 Å². The van der Waals surface area contributed by atoms with Gasteiger partial charge in [-0.2, -0.15) is 0 Å². The summed E-state index contributed by atoms with van der Waals surface area (Å²) >= 11 is 1.80. The van der Waals surface area contributed by atoms with Gasteiger partial charge in [0.1, 0.15) is 5.01 Å². The third-order valence-electron chi connectivity index (χ3n) is 3.89. The first-order chi connectivity index (χ1) is 8.56. The summed E-state index contributed by atoms with van der Waals surface area (Å²) in [7, 11) is 2.23. The molecule has 102 valence electrons. The van der Waals surface area contributed by atoms with E-state index >= 15 is 0 Å². The Balaban J connectivity index is 1.88. The van der Waals surface area contributed by atoms with Crippen molar-refractivity contribution in [3.05, 3.63) is 16.1 Å². The summed E-state index contributed by atoms with van der Waals surface area (Å²) in [5, 5.41) is 4.93. The molecule has 0 aromatic carbocycles. The number of aryl methyl sites for hydroxylation is 1. The molecule has 0 saturated carbocycles. The Bertz CT molecular complexity index is 377. The first kappa shape index (κ1) is 14.0. The van der Waals surface area contributed by atoms with E-state index in [0.717, 1.165) is 5.92 Å². The average Bonchev–Trinajstić information content (AvgIpc) is 2.76. The van der Waals surface area contributed by atoms with Crippen LogP contribution in [0.15, 0.2) is 6.20 Å². The third kappa shape index (κ3) is 3.53. The van der Waals surface area contributed by atoms with Crippen molar-refractivity contribution < 1.29 is 0 Å². The van der Waals surface area contributed by atoms with E-state index < -0.39 is 0 Å². The summed E-state index contributed by atoms with van der Waals surface area (Å²) in [6, 6.07) is 0.929. The number of aromatic nitrogens is 1. The molecule has 0 spiro atoms. The highest BCUT2D eigenvalue weighted by Gasteiger charge is 2.24. The van der Waals surface area contributed by atoms with E-state index in [1.165, 1.54) is 35.8 Å². The fourth-order valence-electron chi connectivity index (χ4n) is 2.79. The van der Waals surface area contributed by atoms with Crippen LogP contribution in [0.25, 0.3) is 0 Å². The average molecular weight is 267 g/mol. The van der Waals surface area contributed by atoms with E-state index in [0.29, 0.717) is 12.1 Å². The minimum absolute atomic E-state index is 0.367. The molecule has 4 heteroatoms. The molecule has 3 atom stereocenters. The highest BCUT2D eigenvalue weighted by Crippen LogP contribution is 2.23. The van der Waals surface area contributed by atoms with Crippen LogP contribution < -0.4 is 5.32 Å². The maximum absolute atomic E-state index is 4.47. The predicted molar refractivity (Wildman–Crippen MR) is 78.1 cm³/mol. The molecule has 18 heavy (non-hydrogen) atoms. The maximum Gasteiger partial charge on any atom is 0.109 e. The summed E-state index contributed by atoms with van der Waals surface area (Å²) < 4.78 is 0. The van der Waals surface area contributed by atoms with Crippen LogP contribution in [-0.4, -0.2) is 36.1 Å². The lowest BCUT2D eigenvalue weighted by atomic mass is 9.91. The minimum atomic E-state index is 0.367. The molecule has 1 N–H and O–H groups in total. The fraction of sp³-hybridized carbons (Fsp3) is 0.786. The smallest absolute Gasteiger partial charge is 0.109 e. The number of nitrogens with one attached hydrogen (secondary N) is 1. The molecule has 3 unspecified atom stereocenters. The molecule has 0 radical (unpaired) electrons. The van der Waals surface area contributed by atoms with Crippen LogP contribution in [0.4, 0.5) is 0 Å². The molecule has 1 aliphatic heterocycles. The second-order valence-corrected chi connectivity index (χ2v) is 6.92. The van der Waals surface area contributed by atoms with Crippen LogP contribution >= 0.6 is 11.3 Å². The topological polar surface area (TPSA) is 28.2 Å². The number of piperidine rings is 1. The fourth-order valence-corrected chi connectivity index (χ4v) is 3.57. The van der Waals surface area contributed by atoms with Crippen LogP contribution in [0.3, 0.4) is 0 Å². The van der Waals surface area contributed by atoms with Gasteiger partial charge in [-0.1, -0.05) is 0 Å². The molecule has 1 fully saturated rings. The molecule has 3 nitrogen and oxygen atoms in total. The van der Waals surface area contributed by atoms with E-state index in [9.17, 15) is 0 Å². The summed E-state index contributed by atoms with van der Waals surface area (Å²) in [6.07, 6.45) is 4.65. The molecule has 0 amide bonds. The van der Waals surface area contributed by atoms with Crippen LogP contribution in [0.2, 0.25) is 0 Å². The zero-order valence-corrected chi connectivity index (χ0v) is 12.8. The number of hydrogen-bond donors (Lipinski definition) is 1. The summed E-state index contributed by atoms with van der Waals surface area (Å²) in [4.78, 5) is 8.22. The summed E-state index contributed by atoms with van der Waals surface area (Å²) in [6.45, 7) is 9.14. The van der Waals surface area contributed by atoms with Crippen molar-refractivity contribution in [1.29, 1.82) is 0 Å². The van der Waals surface area contributed by atoms with Gasteiger partial charge in [0.05, 0.1) is 6.04 Å². The van der Waals surface area contributed by atoms with Crippen molar-refractivity contribution in [3.63, 3.8) is 0 Å². The molecule has 1 aliphatic rings. The Morgan fingerprint density at radius 3 is 2.89 bits per heavy atom. The van der Waals surface area contributed by atoms with Crippen molar-refractivity contribution in [1.82, 2.24) is 15.2 Å². The van der Waals surface area contributed by atoms with Crippen molar-refractivity contribution in [2.75, 3.05) is 20.1 Å². The van der Waals surface area contributed by atoms with Gasteiger partial charge >= 0.3 is 0 Å².